The molecule has 3 N–H and O–H groups in total. The number of rotatable bonds is 4. The van der Waals surface area contributed by atoms with Crippen molar-refractivity contribution in [1.82, 2.24) is 19.9 Å². The Morgan fingerprint density at radius 3 is 2.73 bits per heavy atom. The van der Waals surface area contributed by atoms with Crippen molar-refractivity contribution < 1.29 is 5.11 Å². The van der Waals surface area contributed by atoms with Gasteiger partial charge in [-0.15, -0.1) is 0 Å². The molecule has 0 unspecified atom stereocenters. The molecule has 0 aliphatic heterocycles. The van der Waals surface area contributed by atoms with Gasteiger partial charge in [-0.2, -0.15) is 0 Å². The van der Waals surface area contributed by atoms with Gasteiger partial charge in [-0.3, -0.25) is 4.98 Å². The van der Waals surface area contributed by atoms with Gasteiger partial charge >= 0.3 is 0 Å². The first-order valence-electron chi connectivity index (χ1n) is 8.46. The number of pyridine rings is 1. The Morgan fingerprint density at radius 2 is 1.96 bits per heavy atom. The summed E-state index contributed by atoms with van der Waals surface area (Å²) in [4.78, 5) is 16.2. The zero-order chi connectivity index (χ0) is 18.1. The molecule has 1 aromatic carbocycles. The first-order valence-corrected chi connectivity index (χ1v) is 8.46. The van der Waals surface area contributed by atoms with Gasteiger partial charge in [0.15, 0.2) is 0 Å². The van der Waals surface area contributed by atoms with Crippen LogP contribution in [0.5, 0.6) is 5.75 Å². The van der Waals surface area contributed by atoms with Gasteiger partial charge in [-0.1, -0.05) is 26.0 Å². The number of aromatic hydroxyl groups is 1. The van der Waals surface area contributed by atoms with Gasteiger partial charge in [-0.25, -0.2) is 9.97 Å². The lowest BCUT2D eigenvalue weighted by molar-refractivity contribution is 0.473. The average Bonchev–Trinajstić information content (AvgIpc) is 3.08. The zero-order valence-electron chi connectivity index (χ0n) is 14.6. The number of benzene rings is 1. The normalized spacial score (nSPS) is 11.2. The van der Waals surface area contributed by atoms with Crippen LogP contribution in [0.1, 0.15) is 25.3 Å². The topological polar surface area (TPSA) is 86.7 Å². The summed E-state index contributed by atoms with van der Waals surface area (Å²) in [5.74, 6) is 1.29. The van der Waals surface area contributed by atoms with Crippen LogP contribution < -0.4 is 5.32 Å². The second-order valence-electron chi connectivity index (χ2n) is 6.46. The van der Waals surface area contributed by atoms with Crippen molar-refractivity contribution in [3.05, 3.63) is 60.7 Å². The molecule has 26 heavy (non-hydrogen) atoms. The number of anilines is 2. The van der Waals surface area contributed by atoms with Crippen molar-refractivity contribution in [2.24, 2.45) is 0 Å². The second-order valence-corrected chi connectivity index (χ2v) is 6.46. The van der Waals surface area contributed by atoms with Crippen molar-refractivity contribution in [1.29, 1.82) is 0 Å². The highest BCUT2D eigenvalue weighted by molar-refractivity contribution is 6.01. The minimum atomic E-state index is 0.133. The van der Waals surface area contributed by atoms with E-state index in [0.717, 1.165) is 28.0 Å². The van der Waals surface area contributed by atoms with E-state index in [4.69, 9.17) is 0 Å². The predicted octanol–water partition coefficient (Wildman–Crippen LogP) is 4.59. The highest BCUT2D eigenvalue weighted by Crippen LogP contribution is 2.33. The van der Waals surface area contributed by atoms with E-state index in [9.17, 15) is 5.11 Å². The SMILES string of the molecule is CC(C)c1cccc(Nc2ncnc3[nH]cc(-c4ccc(O)cn4)c23)c1. The lowest BCUT2D eigenvalue weighted by Gasteiger charge is -2.11. The molecule has 0 bridgehead atoms. The zero-order valence-corrected chi connectivity index (χ0v) is 14.6. The number of hydrogen-bond donors (Lipinski definition) is 3. The maximum Gasteiger partial charge on any atom is 0.144 e. The highest BCUT2D eigenvalue weighted by atomic mass is 16.3. The quantitative estimate of drug-likeness (QED) is 0.503. The lowest BCUT2D eigenvalue weighted by Crippen LogP contribution is -1.97. The van der Waals surface area contributed by atoms with E-state index in [1.54, 1.807) is 12.1 Å². The van der Waals surface area contributed by atoms with E-state index in [-0.39, 0.29) is 5.75 Å². The number of fused-ring (bicyclic) bond motifs is 1. The molecule has 3 aromatic heterocycles. The van der Waals surface area contributed by atoms with Gasteiger partial charge < -0.3 is 15.4 Å². The van der Waals surface area contributed by atoms with Crippen molar-refractivity contribution in [3.8, 4) is 17.0 Å². The van der Waals surface area contributed by atoms with Gasteiger partial charge in [0, 0.05) is 17.4 Å². The van der Waals surface area contributed by atoms with E-state index < -0.39 is 0 Å². The van der Waals surface area contributed by atoms with E-state index >= 15 is 0 Å². The Balaban J connectivity index is 1.79. The van der Waals surface area contributed by atoms with Gasteiger partial charge in [0.25, 0.3) is 0 Å². The van der Waals surface area contributed by atoms with Gasteiger partial charge in [-0.05, 0) is 35.7 Å². The first-order chi connectivity index (χ1) is 12.6. The summed E-state index contributed by atoms with van der Waals surface area (Å²) in [6.07, 6.45) is 4.81. The molecule has 0 saturated heterocycles. The number of H-pyrrole nitrogens is 1. The molecule has 0 atom stereocenters. The summed E-state index contributed by atoms with van der Waals surface area (Å²) in [5, 5.41) is 13.7. The maximum absolute atomic E-state index is 9.48. The van der Waals surface area contributed by atoms with Crippen LogP contribution in [0.15, 0.2) is 55.1 Å². The molecule has 130 valence electrons. The molecule has 0 aliphatic rings. The van der Waals surface area contributed by atoms with E-state index in [0.29, 0.717) is 11.7 Å². The summed E-state index contributed by atoms with van der Waals surface area (Å²) in [5.41, 5.74) is 4.58. The summed E-state index contributed by atoms with van der Waals surface area (Å²) in [7, 11) is 0. The van der Waals surface area contributed by atoms with Crippen LogP contribution in [-0.2, 0) is 0 Å². The third-order valence-corrected chi connectivity index (χ3v) is 4.31. The number of nitrogens with one attached hydrogen (secondary N) is 2. The summed E-state index contributed by atoms with van der Waals surface area (Å²) >= 11 is 0. The number of aromatic amines is 1. The van der Waals surface area contributed by atoms with Crippen LogP contribution >= 0.6 is 0 Å². The lowest BCUT2D eigenvalue weighted by atomic mass is 10.0. The molecular formula is C20H19N5O. The second kappa shape index (κ2) is 6.48. The molecule has 0 radical (unpaired) electrons. The van der Waals surface area contributed by atoms with E-state index in [1.807, 2.05) is 18.3 Å². The standard InChI is InChI=1S/C20H19N5O/c1-12(2)13-4-3-5-14(8-13)25-20-18-16(10-22-19(18)23-11-24-20)17-7-6-15(26)9-21-17/h3-12,26H,1-2H3,(H2,22,23,24,25). The largest absolute Gasteiger partial charge is 0.506 e. The van der Waals surface area contributed by atoms with Crippen LogP contribution in [0, 0.1) is 0 Å². The van der Waals surface area contributed by atoms with Crippen molar-refractivity contribution in [2.75, 3.05) is 5.32 Å². The monoisotopic (exact) mass is 345 g/mol. The Bertz CT molecular complexity index is 1050. The molecular weight excluding hydrogens is 326 g/mol. The molecule has 0 spiro atoms. The Labute approximate surface area is 151 Å². The van der Waals surface area contributed by atoms with Crippen molar-refractivity contribution >= 4 is 22.5 Å². The third-order valence-electron chi connectivity index (χ3n) is 4.31. The van der Waals surface area contributed by atoms with Gasteiger partial charge in [0.2, 0.25) is 0 Å². The molecule has 3 heterocycles. The molecule has 6 heteroatoms. The fraction of sp³-hybridized carbons (Fsp3) is 0.150. The van der Waals surface area contributed by atoms with E-state index in [2.05, 4.69) is 51.2 Å². The van der Waals surface area contributed by atoms with Crippen LogP contribution in [0.4, 0.5) is 11.5 Å². The maximum atomic E-state index is 9.48. The summed E-state index contributed by atoms with van der Waals surface area (Å²) in [6, 6.07) is 11.7. The van der Waals surface area contributed by atoms with Crippen molar-refractivity contribution in [3.63, 3.8) is 0 Å². The molecule has 0 fully saturated rings. The number of hydrogen-bond acceptors (Lipinski definition) is 5. The summed E-state index contributed by atoms with van der Waals surface area (Å²) < 4.78 is 0. The fourth-order valence-electron chi connectivity index (χ4n) is 2.92. The Hall–Kier alpha value is -3.41. The smallest absolute Gasteiger partial charge is 0.144 e. The molecule has 4 aromatic rings. The van der Waals surface area contributed by atoms with Crippen LogP contribution in [0.3, 0.4) is 0 Å². The van der Waals surface area contributed by atoms with Crippen LogP contribution in [0.2, 0.25) is 0 Å². The third kappa shape index (κ3) is 2.97. The van der Waals surface area contributed by atoms with Crippen molar-refractivity contribution in [2.45, 2.75) is 19.8 Å². The predicted molar refractivity (Wildman–Crippen MR) is 103 cm³/mol. The van der Waals surface area contributed by atoms with Gasteiger partial charge in [0.1, 0.15) is 23.5 Å². The molecule has 0 saturated carbocycles. The number of nitrogens with zero attached hydrogens (tertiary/aromatic N) is 3. The molecule has 4 rings (SSSR count). The minimum Gasteiger partial charge on any atom is -0.506 e. The Morgan fingerprint density at radius 1 is 1.08 bits per heavy atom. The van der Waals surface area contributed by atoms with Crippen LogP contribution in [-0.4, -0.2) is 25.0 Å². The van der Waals surface area contributed by atoms with Crippen LogP contribution in [0.25, 0.3) is 22.3 Å². The van der Waals surface area contributed by atoms with Gasteiger partial charge in [0.05, 0.1) is 17.3 Å². The molecule has 0 aliphatic carbocycles. The minimum absolute atomic E-state index is 0.133. The van der Waals surface area contributed by atoms with E-state index in [1.165, 1.54) is 18.1 Å². The first kappa shape index (κ1) is 16.1. The average molecular weight is 345 g/mol. The molecule has 6 nitrogen and oxygen atoms in total. The fourth-order valence-corrected chi connectivity index (χ4v) is 2.92. The Kier molecular flexibility index (Phi) is 4.01. The molecule has 0 amide bonds. The number of aromatic nitrogens is 4. The summed E-state index contributed by atoms with van der Waals surface area (Å²) in [6.45, 7) is 4.34. The highest BCUT2D eigenvalue weighted by Gasteiger charge is 2.14.